The van der Waals surface area contributed by atoms with Crippen LogP contribution in [0.1, 0.15) is 54.0 Å². The molecule has 1 aliphatic rings. The molecule has 140 valence electrons. The Bertz CT molecular complexity index is 622. The molecule has 1 aromatic rings. The highest BCUT2D eigenvalue weighted by atomic mass is 28.4. The maximum absolute atomic E-state index is 14.4. The SMILES string of the molecule is CC1(C)OB(c2cc(CO[Si](C)(C)C(C)(C)C)ccc2F)OC1(C)C. The van der Waals surface area contributed by atoms with Gasteiger partial charge in [-0.3, -0.25) is 0 Å². The van der Waals surface area contributed by atoms with Crippen molar-refractivity contribution >= 4 is 20.9 Å². The van der Waals surface area contributed by atoms with Gasteiger partial charge in [0, 0.05) is 5.46 Å². The Morgan fingerprint density at radius 3 is 2.08 bits per heavy atom. The fourth-order valence-corrected chi connectivity index (χ4v) is 3.27. The van der Waals surface area contributed by atoms with E-state index in [0.29, 0.717) is 12.1 Å². The van der Waals surface area contributed by atoms with Crippen molar-refractivity contribution in [2.45, 2.75) is 84.4 Å². The Kier molecular flexibility index (Phi) is 5.35. The van der Waals surface area contributed by atoms with E-state index in [2.05, 4.69) is 33.9 Å². The van der Waals surface area contributed by atoms with Crippen LogP contribution in [0.5, 0.6) is 0 Å². The predicted molar refractivity (Wildman–Crippen MR) is 104 cm³/mol. The molecule has 2 rings (SSSR count). The van der Waals surface area contributed by atoms with Crippen molar-refractivity contribution in [3.63, 3.8) is 0 Å². The van der Waals surface area contributed by atoms with Crippen molar-refractivity contribution in [1.82, 2.24) is 0 Å². The minimum Gasteiger partial charge on any atom is -0.413 e. The van der Waals surface area contributed by atoms with Crippen molar-refractivity contribution in [3.05, 3.63) is 29.6 Å². The van der Waals surface area contributed by atoms with Crippen molar-refractivity contribution < 1.29 is 18.1 Å². The van der Waals surface area contributed by atoms with E-state index in [0.717, 1.165) is 5.56 Å². The third-order valence-corrected chi connectivity index (χ3v) is 10.5. The summed E-state index contributed by atoms with van der Waals surface area (Å²) in [6.07, 6.45) is 0. The van der Waals surface area contributed by atoms with Gasteiger partial charge in [0.2, 0.25) is 0 Å². The summed E-state index contributed by atoms with van der Waals surface area (Å²) in [4.78, 5) is 0. The number of benzene rings is 1. The zero-order valence-corrected chi connectivity index (χ0v) is 18.1. The molecule has 0 saturated carbocycles. The Balaban J connectivity index is 2.19. The number of hydrogen-bond donors (Lipinski definition) is 0. The van der Waals surface area contributed by atoms with Crippen LogP contribution in [0, 0.1) is 5.82 Å². The van der Waals surface area contributed by atoms with Gasteiger partial charge < -0.3 is 13.7 Å². The third-order valence-electron chi connectivity index (χ3n) is 5.97. The molecular formula is C19H32BFO3Si. The van der Waals surface area contributed by atoms with E-state index in [9.17, 15) is 4.39 Å². The first-order chi connectivity index (χ1) is 11.2. The Labute approximate surface area is 153 Å². The van der Waals surface area contributed by atoms with Gasteiger partial charge in [-0.05, 0) is 57.5 Å². The molecule has 0 amide bonds. The fourth-order valence-electron chi connectivity index (χ4n) is 2.31. The van der Waals surface area contributed by atoms with E-state index >= 15 is 0 Å². The Morgan fingerprint density at radius 1 is 1.08 bits per heavy atom. The van der Waals surface area contributed by atoms with Crippen molar-refractivity contribution in [2.24, 2.45) is 0 Å². The average molecular weight is 366 g/mol. The van der Waals surface area contributed by atoms with Crippen LogP contribution in [0.15, 0.2) is 18.2 Å². The lowest BCUT2D eigenvalue weighted by atomic mass is 9.78. The molecular weight excluding hydrogens is 334 g/mol. The standard InChI is InChI=1S/C19H32BFO3Si/c1-17(2,3)25(8,9)22-13-14-10-11-16(21)15(12-14)20-23-18(4,5)19(6,7)24-20/h10-12H,13H2,1-9H3. The van der Waals surface area contributed by atoms with E-state index in [-0.39, 0.29) is 10.9 Å². The summed E-state index contributed by atoms with van der Waals surface area (Å²) < 4.78 is 32.6. The van der Waals surface area contributed by atoms with Crippen LogP contribution in [-0.2, 0) is 20.3 Å². The predicted octanol–water partition coefficient (Wildman–Crippen LogP) is 4.65. The molecule has 0 N–H and O–H groups in total. The molecule has 25 heavy (non-hydrogen) atoms. The summed E-state index contributed by atoms with van der Waals surface area (Å²) in [6.45, 7) is 19.4. The zero-order valence-electron chi connectivity index (χ0n) is 17.1. The van der Waals surface area contributed by atoms with Gasteiger partial charge in [-0.25, -0.2) is 4.39 Å². The highest BCUT2D eigenvalue weighted by molar-refractivity contribution is 6.74. The van der Waals surface area contributed by atoms with Crippen molar-refractivity contribution in [2.75, 3.05) is 0 Å². The topological polar surface area (TPSA) is 27.7 Å². The van der Waals surface area contributed by atoms with E-state index in [1.807, 2.05) is 33.8 Å². The quantitative estimate of drug-likeness (QED) is 0.726. The summed E-state index contributed by atoms with van der Waals surface area (Å²) in [5.74, 6) is -0.311. The summed E-state index contributed by atoms with van der Waals surface area (Å²) >= 11 is 0. The number of halogens is 1. The second-order valence-electron chi connectivity index (χ2n) is 9.49. The van der Waals surface area contributed by atoms with Gasteiger partial charge in [0.1, 0.15) is 5.82 Å². The first-order valence-electron chi connectivity index (χ1n) is 8.94. The van der Waals surface area contributed by atoms with Gasteiger partial charge in [-0.2, -0.15) is 0 Å². The molecule has 0 aliphatic carbocycles. The van der Waals surface area contributed by atoms with Crippen LogP contribution in [0.25, 0.3) is 0 Å². The van der Waals surface area contributed by atoms with E-state index < -0.39 is 26.6 Å². The average Bonchev–Trinajstić information content (AvgIpc) is 2.65. The number of rotatable bonds is 4. The summed E-state index contributed by atoms with van der Waals surface area (Å²) in [7, 11) is -2.55. The van der Waals surface area contributed by atoms with Gasteiger partial charge in [0.25, 0.3) is 0 Å². The van der Waals surface area contributed by atoms with Crippen LogP contribution in [-0.4, -0.2) is 26.6 Å². The maximum atomic E-state index is 14.4. The summed E-state index contributed by atoms with van der Waals surface area (Å²) in [5, 5.41) is 0.140. The Morgan fingerprint density at radius 2 is 1.60 bits per heavy atom. The van der Waals surface area contributed by atoms with Crippen LogP contribution < -0.4 is 5.46 Å². The molecule has 1 aliphatic heterocycles. The second-order valence-corrected chi connectivity index (χ2v) is 14.3. The summed E-state index contributed by atoms with van der Waals surface area (Å²) in [6, 6.07) is 5.06. The lowest BCUT2D eigenvalue weighted by molar-refractivity contribution is 0.00578. The van der Waals surface area contributed by atoms with Crippen molar-refractivity contribution in [3.8, 4) is 0 Å². The monoisotopic (exact) mass is 366 g/mol. The first-order valence-corrected chi connectivity index (χ1v) is 11.8. The Hall–Kier alpha value is -0.688. The summed E-state index contributed by atoms with van der Waals surface area (Å²) in [5.41, 5.74) is 0.404. The van der Waals surface area contributed by atoms with Gasteiger partial charge in [0.05, 0.1) is 17.8 Å². The lowest BCUT2D eigenvalue weighted by Crippen LogP contribution is -2.41. The molecule has 6 heteroatoms. The van der Waals surface area contributed by atoms with Crippen LogP contribution >= 0.6 is 0 Å². The second kappa shape index (κ2) is 6.48. The smallest absolute Gasteiger partial charge is 0.413 e. The van der Waals surface area contributed by atoms with Crippen LogP contribution in [0.3, 0.4) is 0 Å². The molecule has 1 heterocycles. The van der Waals surface area contributed by atoms with Crippen molar-refractivity contribution in [1.29, 1.82) is 0 Å². The minimum absolute atomic E-state index is 0.140. The molecule has 1 aromatic carbocycles. The highest BCUT2D eigenvalue weighted by Crippen LogP contribution is 2.38. The van der Waals surface area contributed by atoms with Gasteiger partial charge in [0.15, 0.2) is 8.32 Å². The van der Waals surface area contributed by atoms with Crippen LogP contribution in [0.2, 0.25) is 18.1 Å². The lowest BCUT2D eigenvalue weighted by Gasteiger charge is -2.36. The molecule has 0 radical (unpaired) electrons. The number of hydrogen-bond acceptors (Lipinski definition) is 3. The highest BCUT2D eigenvalue weighted by Gasteiger charge is 2.52. The van der Waals surface area contributed by atoms with E-state index in [4.69, 9.17) is 13.7 Å². The molecule has 1 fully saturated rings. The third kappa shape index (κ3) is 4.18. The maximum Gasteiger partial charge on any atom is 0.497 e. The van der Waals surface area contributed by atoms with Gasteiger partial charge >= 0.3 is 7.12 Å². The first kappa shape index (κ1) is 20.6. The molecule has 0 aromatic heterocycles. The van der Waals surface area contributed by atoms with Gasteiger partial charge in [-0.15, -0.1) is 0 Å². The van der Waals surface area contributed by atoms with Crippen LogP contribution in [0.4, 0.5) is 4.39 Å². The molecule has 3 nitrogen and oxygen atoms in total. The molecule has 1 saturated heterocycles. The minimum atomic E-state index is -1.85. The fraction of sp³-hybridized carbons (Fsp3) is 0.684. The normalized spacial score (nSPS) is 20.2. The molecule has 0 bridgehead atoms. The molecule has 0 unspecified atom stereocenters. The van der Waals surface area contributed by atoms with E-state index in [1.54, 1.807) is 6.07 Å². The van der Waals surface area contributed by atoms with Gasteiger partial charge in [-0.1, -0.05) is 32.9 Å². The molecule has 0 atom stereocenters. The largest absolute Gasteiger partial charge is 0.497 e. The zero-order chi connectivity index (χ0) is 19.3. The molecule has 0 spiro atoms. The van der Waals surface area contributed by atoms with E-state index in [1.165, 1.54) is 6.07 Å².